The summed E-state index contributed by atoms with van der Waals surface area (Å²) in [5.74, 6) is 1.28. The molecule has 0 rings (SSSR count). The molecule has 0 spiro atoms. The minimum Gasteiger partial charge on any atom is -0.481 e. The lowest BCUT2D eigenvalue weighted by molar-refractivity contribution is -0.141. The molecule has 0 aliphatic rings. The highest BCUT2D eigenvalue weighted by atomic mass is 16.4. The van der Waals surface area contributed by atoms with E-state index >= 15 is 0 Å². The van der Waals surface area contributed by atoms with Crippen LogP contribution in [-0.4, -0.2) is 11.1 Å². The zero-order chi connectivity index (χ0) is 8.69. The number of terminal acetylenes is 1. The molecule has 0 aromatic carbocycles. The molecule has 0 bridgehead atoms. The highest BCUT2D eigenvalue weighted by Crippen LogP contribution is 2.11. The predicted molar refractivity (Wildman–Crippen MR) is 44.1 cm³/mol. The van der Waals surface area contributed by atoms with Gasteiger partial charge in [0, 0.05) is 6.42 Å². The van der Waals surface area contributed by atoms with Gasteiger partial charge in [0.15, 0.2) is 0 Å². The van der Waals surface area contributed by atoms with Crippen LogP contribution in [0, 0.1) is 18.3 Å². The molecule has 0 aromatic rings. The molecule has 1 atom stereocenters. The molecule has 0 radical (unpaired) electrons. The Morgan fingerprint density at radius 2 is 2.36 bits per heavy atom. The minimum absolute atomic E-state index is 0.333. The summed E-state index contributed by atoms with van der Waals surface area (Å²) < 4.78 is 0. The van der Waals surface area contributed by atoms with E-state index in [2.05, 4.69) is 5.92 Å². The van der Waals surface area contributed by atoms with E-state index in [1.54, 1.807) is 0 Å². The largest absolute Gasteiger partial charge is 0.481 e. The van der Waals surface area contributed by atoms with E-state index in [4.69, 9.17) is 11.5 Å². The van der Waals surface area contributed by atoms with E-state index in [0.29, 0.717) is 12.8 Å². The van der Waals surface area contributed by atoms with Gasteiger partial charge >= 0.3 is 5.97 Å². The number of hydrogen-bond acceptors (Lipinski definition) is 1. The molecule has 0 saturated heterocycles. The molecule has 0 aliphatic carbocycles. The quantitative estimate of drug-likeness (QED) is 0.614. The lowest BCUT2D eigenvalue weighted by Gasteiger charge is -2.06. The van der Waals surface area contributed by atoms with Gasteiger partial charge in [-0.15, -0.1) is 12.3 Å². The first kappa shape index (κ1) is 10.0. The Labute approximate surface area is 67.6 Å². The molecule has 0 aromatic heterocycles. The van der Waals surface area contributed by atoms with Crippen LogP contribution in [0.2, 0.25) is 0 Å². The van der Waals surface area contributed by atoms with Gasteiger partial charge in [0.05, 0.1) is 5.92 Å². The Balaban J connectivity index is 3.72. The lowest BCUT2D eigenvalue weighted by atomic mass is 9.99. The molecule has 1 N–H and O–H groups in total. The second kappa shape index (κ2) is 5.79. The Bertz CT molecular complexity index is 155. The van der Waals surface area contributed by atoms with Gasteiger partial charge in [-0.05, 0) is 6.42 Å². The first-order valence-corrected chi connectivity index (χ1v) is 3.88. The van der Waals surface area contributed by atoms with Crippen molar-refractivity contribution < 1.29 is 9.90 Å². The fourth-order valence-corrected chi connectivity index (χ4v) is 0.906. The molecule has 0 saturated carbocycles. The van der Waals surface area contributed by atoms with E-state index in [1.807, 2.05) is 6.92 Å². The van der Waals surface area contributed by atoms with Crippen LogP contribution in [0.4, 0.5) is 0 Å². The maximum absolute atomic E-state index is 10.5. The number of carbonyl (C=O) groups is 1. The Kier molecular flexibility index (Phi) is 5.28. The van der Waals surface area contributed by atoms with Gasteiger partial charge in [-0.3, -0.25) is 4.79 Å². The summed E-state index contributed by atoms with van der Waals surface area (Å²) in [7, 11) is 0. The average Bonchev–Trinajstić information content (AvgIpc) is 1.97. The number of unbranched alkanes of at least 4 members (excludes halogenated alkanes) is 1. The third-order valence-corrected chi connectivity index (χ3v) is 1.62. The number of hydrogen-bond donors (Lipinski definition) is 1. The second-order valence-corrected chi connectivity index (χ2v) is 2.59. The molecule has 1 unspecified atom stereocenters. The van der Waals surface area contributed by atoms with E-state index in [9.17, 15) is 4.79 Å². The molecule has 11 heavy (non-hydrogen) atoms. The first-order valence-electron chi connectivity index (χ1n) is 3.88. The van der Waals surface area contributed by atoms with Crippen molar-refractivity contribution in [3.63, 3.8) is 0 Å². The van der Waals surface area contributed by atoms with Crippen LogP contribution in [0.3, 0.4) is 0 Å². The van der Waals surface area contributed by atoms with Gasteiger partial charge in [-0.2, -0.15) is 0 Å². The maximum atomic E-state index is 10.5. The van der Waals surface area contributed by atoms with E-state index in [1.165, 1.54) is 0 Å². The fraction of sp³-hybridized carbons (Fsp3) is 0.667. The zero-order valence-electron chi connectivity index (χ0n) is 6.84. The van der Waals surface area contributed by atoms with Gasteiger partial charge in [0.2, 0.25) is 0 Å². The number of rotatable bonds is 5. The summed E-state index contributed by atoms with van der Waals surface area (Å²) in [5.41, 5.74) is 0. The molecule has 0 amide bonds. The van der Waals surface area contributed by atoms with Crippen LogP contribution >= 0.6 is 0 Å². The predicted octanol–water partition coefficient (Wildman–Crippen LogP) is 1.90. The third-order valence-electron chi connectivity index (χ3n) is 1.62. The molecule has 62 valence electrons. The maximum Gasteiger partial charge on any atom is 0.307 e. The van der Waals surface area contributed by atoms with Crippen molar-refractivity contribution in [3.05, 3.63) is 0 Å². The van der Waals surface area contributed by atoms with Crippen LogP contribution in [-0.2, 0) is 4.79 Å². The van der Waals surface area contributed by atoms with Gasteiger partial charge in [-0.1, -0.05) is 19.8 Å². The third kappa shape index (κ3) is 4.44. The molecule has 0 aliphatic heterocycles. The lowest BCUT2D eigenvalue weighted by Crippen LogP contribution is -2.12. The van der Waals surface area contributed by atoms with Crippen LogP contribution in [0.15, 0.2) is 0 Å². The number of carboxylic acid groups (broad SMARTS) is 1. The van der Waals surface area contributed by atoms with Gasteiger partial charge in [-0.25, -0.2) is 0 Å². The normalized spacial score (nSPS) is 12.0. The summed E-state index contributed by atoms with van der Waals surface area (Å²) in [4.78, 5) is 10.5. The molecule has 0 heterocycles. The van der Waals surface area contributed by atoms with Crippen molar-refractivity contribution in [3.8, 4) is 12.3 Å². The van der Waals surface area contributed by atoms with Gasteiger partial charge in [0.25, 0.3) is 0 Å². The molecule has 0 fully saturated rings. The highest BCUT2D eigenvalue weighted by molar-refractivity contribution is 5.70. The first-order chi connectivity index (χ1) is 5.22. The van der Waals surface area contributed by atoms with E-state index in [-0.39, 0.29) is 5.92 Å². The SMILES string of the molecule is C#CCC(CCCC)C(=O)O. The summed E-state index contributed by atoms with van der Waals surface area (Å²) in [6, 6.07) is 0. The van der Waals surface area contributed by atoms with Crippen LogP contribution in [0.1, 0.15) is 32.6 Å². The van der Waals surface area contributed by atoms with Crippen molar-refractivity contribution in [2.45, 2.75) is 32.6 Å². The highest BCUT2D eigenvalue weighted by Gasteiger charge is 2.14. The van der Waals surface area contributed by atoms with Crippen molar-refractivity contribution in [2.75, 3.05) is 0 Å². The van der Waals surface area contributed by atoms with Gasteiger partial charge in [0.1, 0.15) is 0 Å². The summed E-state index contributed by atoms with van der Waals surface area (Å²) in [6.07, 6.45) is 8.05. The van der Waals surface area contributed by atoms with E-state index < -0.39 is 5.97 Å². The summed E-state index contributed by atoms with van der Waals surface area (Å²) in [5, 5.41) is 8.64. The average molecular weight is 154 g/mol. The summed E-state index contributed by atoms with van der Waals surface area (Å²) >= 11 is 0. The topological polar surface area (TPSA) is 37.3 Å². The van der Waals surface area contributed by atoms with Crippen molar-refractivity contribution >= 4 is 5.97 Å². The van der Waals surface area contributed by atoms with E-state index in [0.717, 1.165) is 12.8 Å². The fourth-order valence-electron chi connectivity index (χ4n) is 0.906. The summed E-state index contributed by atoms with van der Waals surface area (Å²) in [6.45, 7) is 2.04. The van der Waals surface area contributed by atoms with Crippen molar-refractivity contribution in [2.24, 2.45) is 5.92 Å². The standard InChI is InChI=1S/C9H14O2/c1-3-5-7-8(6-4-2)9(10)11/h2,8H,3,5-7H2,1H3,(H,10,11). The van der Waals surface area contributed by atoms with Crippen LogP contribution in [0.5, 0.6) is 0 Å². The minimum atomic E-state index is -0.767. The molecule has 2 nitrogen and oxygen atoms in total. The van der Waals surface area contributed by atoms with Crippen molar-refractivity contribution in [1.82, 2.24) is 0 Å². The smallest absolute Gasteiger partial charge is 0.307 e. The zero-order valence-corrected chi connectivity index (χ0v) is 6.84. The van der Waals surface area contributed by atoms with Crippen LogP contribution < -0.4 is 0 Å². The van der Waals surface area contributed by atoms with Crippen LogP contribution in [0.25, 0.3) is 0 Å². The van der Waals surface area contributed by atoms with Crippen molar-refractivity contribution in [1.29, 1.82) is 0 Å². The Morgan fingerprint density at radius 3 is 2.73 bits per heavy atom. The molecular formula is C9H14O2. The Hall–Kier alpha value is -0.970. The Morgan fingerprint density at radius 1 is 1.73 bits per heavy atom. The number of aliphatic carboxylic acids is 1. The monoisotopic (exact) mass is 154 g/mol. The molecule has 2 heteroatoms. The van der Waals surface area contributed by atoms with Gasteiger partial charge < -0.3 is 5.11 Å². The second-order valence-electron chi connectivity index (χ2n) is 2.59. The molecular weight excluding hydrogens is 140 g/mol. The number of carboxylic acids is 1.